The largest absolute Gasteiger partial charge is 0.449 e. The fraction of sp³-hybridized carbons (Fsp3) is 0.571. The van der Waals surface area contributed by atoms with Crippen molar-refractivity contribution < 1.29 is 9.47 Å². The maximum atomic E-state index is 5.98. The van der Waals surface area contributed by atoms with Crippen LogP contribution in [-0.4, -0.2) is 5.79 Å². The molecule has 1 heterocycles. The van der Waals surface area contributed by atoms with Gasteiger partial charge < -0.3 is 9.47 Å². The average Bonchev–Trinajstić information content (AvgIpc) is 2.53. The number of ether oxygens (including phenoxy) is 2. The Bertz CT molecular complexity index is 404. The number of fused-ring (bicyclic) bond motifs is 1. The summed E-state index contributed by atoms with van der Waals surface area (Å²) < 4.78 is 11.8. The van der Waals surface area contributed by atoms with Gasteiger partial charge in [0.1, 0.15) is 0 Å². The Balaban J connectivity index is 2.47. The topological polar surface area (TPSA) is 18.5 Å². The molecular weight excluding hydrogens is 200 g/mol. The lowest BCUT2D eigenvalue weighted by Gasteiger charge is -2.23. The van der Waals surface area contributed by atoms with Crippen molar-refractivity contribution in [1.82, 2.24) is 0 Å². The minimum Gasteiger partial charge on any atom is -0.449 e. The number of para-hydroxylation sites is 1. The predicted octanol–water partition coefficient (Wildman–Crippen LogP) is 3.88. The Morgan fingerprint density at radius 1 is 1.19 bits per heavy atom. The van der Waals surface area contributed by atoms with Gasteiger partial charge >= 0.3 is 0 Å². The van der Waals surface area contributed by atoms with E-state index in [1.807, 2.05) is 19.1 Å². The highest BCUT2D eigenvalue weighted by Gasteiger charge is 2.38. The van der Waals surface area contributed by atoms with E-state index in [1.54, 1.807) is 0 Å². The Kier molecular flexibility index (Phi) is 2.41. The number of hydrogen-bond donors (Lipinski definition) is 0. The Morgan fingerprint density at radius 2 is 1.88 bits per heavy atom. The highest BCUT2D eigenvalue weighted by atomic mass is 16.7. The molecule has 2 nitrogen and oxygen atoms in total. The summed E-state index contributed by atoms with van der Waals surface area (Å²) in [5.74, 6) is 1.29. The van der Waals surface area contributed by atoms with E-state index in [1.165, 1.54) is 5.56 Å². The van der Waals surface area contributed by atoms with Crippen molar-refractivity contribution >= 4 is 0 Å². The summed E-state index contributed by atoms with van der Waals surface area (Å²) in [5.41, 5.74) is 1.29. The third-order valence-electron chi connectivity index (χ3n) is 3.07. The fourth-order valence-corrected chi connectivity index (χ4v) is 1.91. The molecule has 2 rings (SSSR count). The number of benzene rings is 1. The molecule has 1 aliphatic rings. The van der Waals surface area contributed by atoms with Crippen LogP contribution in [0.4, 0.5) is 0 Å². The quantitative estimate of drug-likeness (QED) is 0.715. The lowest BCUT2D eigenvalue weighted by atomic mass is 9.86. The molecule has 0 bridgehead atoms. The third kappa shape index (κ3) is 1.77. The van der Waals surface area contributed by atoms with E-state index >= 15 is 0 Å². The molecule has 1 aromatic carbocycles. The monoisotopic (exact) mass is 220 g/mol. The summed E-state index contributed by atoms with van der Waals surface area (Å²) >= 11 is 0. The van der Waals surface area contributed by atoms with Crippen molar-refractivity contribution in [3.63, 3.8) is 0 Å². The van der Waals surface area contributed by atoms with E-state index in [0.29, 0.717) is 0 Å². The van der Waals surface area contributed by atoms with Crippen LogP contribution >= 0.6 is 0 Å². The summed E-state index contributed by atoms with van der Waals surface area (Å²) in [6, 6.07) is 6.12. The van der Waals surface area contributed by atoms with Crippen LogP contribution in [0.25, 0.3) is 0 Å². The highest BCUT2D eigenvalue weighted by molar-refractivity contribution is 5.51. The van der Waals surface area contributed by atoms with Gasteiger partial charge in [-0.15, -0.1) is 0 Å². The van der Waals surface area contributed by atoms with Gasteiger partial charge in [-0.3, -0.25) is 0 Å². The van der Waals surface area contributed by atoms with Gasteiger partial charge in [0.2, 0.25) is 5.79 Å². The standard InChI is InChI=1S/C14H20O2/c1-6-14(5)15-11-9-7-8-10(12(11)16-14)13(2,3)4/h7-9H,6H2,1-5H3. The summed E-state index contributed by atoms with van der Waals surface area (Å²) in [7, 11) is 0. The van der Waals surface area contributed by atoms with Crippen molar-refractivity contribution in [2.75, 3.05) is 0 Å². The molecule has 0 aliphatic carbocycles. The molecule has 1 aliphatic heterocycles. The van der Waals surface area contributed by atoms with Crippen molar-refractivity contribution in [2.45, 2.75) is 52.2 Å². The molecule has 0 amide bonds. The maximum absolute atomic E-state index is 5.98. The molecule has 0 spiro atoms. The second-order valence-corrected chi connectivity index (χ2v) is 5.57. The molecule has 0 saturated heterocycles. The van der Waals surface area contributed by atoms with E-state index < -0.39 is 5.79 Å². The summed E-state index contributed by atoms with van der Waals surface area (Å²) in [5, 5.41) is 0. The molecule has 1 aromatic rings. The van der Waals surface area contributed by atoms with Crippen LogP contribution in [0.5, 0.6) is 11.5 Å². The third-order valence-corrected chi connectivity index (χ3v) is 3.07. The van der Waals surface area contributed by atoms with Crippen LogP contribution in [0.3, 0.4) is 0 Å². The smallest absolute Gasteiger partial charge is 0.248 e. The molecule has 0 fully saturated rings. The van der Waals surface area contributed by atoms with Crippen molar-refractivity contribution in [1.29, 1.82) is 0 Å². The molecular formula is C14H20O2. The van der Waals surface area contributed by atoms with Gasteiger partial charge in [0, 0.05) is 18.9 Å². The normalized spacial score (nSPS) is 23.6. The first-order valence-electron chi connectivity index (χ1n) is 5.87. The Hall–Kier alpha value is -1.18. The molecule has 1 atom stereocenters. The second-order valence-electron chi connectivity index (χ2n) is 5.57. The fourth-order valence-electron chi connectivity index (χ4n) is 1.91. The summed E-state index contributed by atoms with van der Waals surface area (Å²) in [6.45, 7) is 10.6. The van der Waals surface area contributed by atoms with E-state index in [2.05, 4.69) is 33.8 Å². The minimum absolute atomic E-state index is 0.0771. The zero-order valence-electron chi connectivity index (χ0n) is 10.8. The van der Waals surface area contributed by atoms with E-state index in [-0.39, 0.29) is 5.41 Å². The van der Waals surface area contributed by atoms with E-state index in [4.69, 9.17) is 9.47 Å². The van der Waals surface area contributed by atoms with Gasteiger partial charge in [-0.25, -0.2) is 0 Å². The lowest BCUT2D eigenvalue weighted by molar-refractivity contribution is -0.0645. The van der Waals surface area contributed by atoms with Gasteiger partial charge in [0.15, 0.2) is 11.5 Å². The average molecular weight is 220 g/mol. The zero-order valence-corrected chi connectivity index (χ0v) is 10.8. The van der Waals surface area contributed by atoms with Crippen LogP contribution in [-0.2, 0) is 5.41 Å². The minimum atomic E-state index is -0.496. The van der Waals surface area contributed by atoms with Gasteiger partial charge in [-0.1, -0.05) is 39.8 Å². The van der Waals surface area contributed by atoms with Gasteiger partial charge in [-0.2, -0.15) is 0 Å². The summed E-state index contributed by atoms with van der Waals surface area (Å²) in [6.07, 6.45) is 0.839. The van der Waals surface area contributed by atoms with Crippen molar-refractivity contribution in [2.24, 2.45) is 0 Å². The van der Waals surface area contributed by atoms with Crippen molar-refractivity contribution in [3.05, 3.63) is 23.8 Å². The van der Waals surface area contributed by atoms with E-state index in [9.17, 15) is 0 Å². The molecule has 0 N–H and O–H groups in total. The number of rotatable bonds is 1. The Labute approximate surface area is 97.6 Å². The van der Waals surface area contributed by atoms with Crippen LogP contribution in [0, 0.1) is 0 Å². The first kappa shape index (κ1) is 11.3. The van der Waals surface area contributed by atoms with Gasteiger partial charge in [0.25, 0.3) is 0 Å². The van der Waals surface area contributed by atoms with Gasteiger partial charge in [0.05, 0.1) is 0 Å². The molecule has 16 heavy (non-hydrogen) atoms. The SMILES string of the molecule is CCC1(C)Oc2cccc(C(C)(C)C)c2O1. The molecule has 0 radical (unpaired) electrons. The van der Waals surface area contributed by atoms with Gasteiger partial charge in [-0.05, 0) is 11.5 Å². The second kappa shape index (κ2) is 3.41. The predicted molar refractivity (Wildman–Crippen MR) is 65.1 cm³/mol. The zero-order chi connectivity index (χ0) is 12.0. The molecule has 88 valence electrons. The first-order chi connectivity index (χ1) is 7.36. The van der Waals surface area contributed by atoms with Crippen LogP contribution in [0.2, 0.25) is 0 Å². The summed E-state index contributed by atoms with van der Waals surface area (Å²) in [4.78, 5) is 0. The molecule has 0 saturated carbocycles. The lowest BCUT2D eigenvalue weighted by Crippen LogP contribution is -2.33. The molecule has 0 aromatic heterocycles. The Morgan fingerprint density at radius 3 is 2.44 bits per heavy atom. The molecule has 2 heteroatoms. The van der Waals surface area contributed by atoms with Crippen LogP contribution in [0.15, 0.2) is 18.2 Å². The highest BCUT2D eigenvalue weighted by Crippen LogP contribution is 2.46. The maximum Gasteiger partial charge on any atom is 0.248 e. The van der Waals surface area contributed by atoms with E-state index in [0.717, 1.165) is 17.9 Å². The number of hydrogen-bond acceptors (Lipinski definition) is 2. The first-order valence-corrected chi connectivity index (χ1v) is 5.87. The van der Waals surface area contributed by atoms with Crippen molar-refractivity contribution in [3.8, 4) is 11.5 Å². The molecule has 1 unspecified atom stereocenters. The van der Waals surface area contributed by atoms with Crippen LogP contribution < -0.4 is 9.47 Å². The van der Waals surface area contributed by atoms with Crippen LogP contribution in [0.1, 0.15) is 46.6 Å².